The predicted molar refractivity (Wildman–Crippen MR) is 302 cm³/mol. The van der Waals surface area contributed by atoms with Crippen molar-refractivity contribution in [1.82, 2.24) is 0 Å². The molecule has 0 aliphatic heterocycles. The first kappa shape index (κ1) is 66.9. The molecular formula is C64H112O6. The lowest BCUT2D eigenvalue weighted by molar-refractivity contribution is -0.167. The van der Waals surface area contributed by atoms with Gasteiger partial charge in [0.25, 0.3) is 0 Å². The Morgan fingerprint density at radius 1 is 0.300 bits per heavy atom. The second-order valence-corrected chi connectivity index (χ2v) is 19.9. The Balaban J connectivity index is 4.22. The molecule has 404 valence electrons. The number of hydrogen-bond acceptors (Lipinski definition) is 6. The van der Waals surface area contributed by atoms with Gasteiger partial charge in [0.05, 0.1) is 0 Å². The van der Waals surface area contributed by atoms with Gasteiger partial charge < -0.3 is 14.2 Å². The summed E-state index contributed by atoms with van der Waals surface area (Å²) in [6, 6.07) is 0. The molecule has 0 saturated heterocycles. The zero-order chi connectivity index (χ0) is 50.7. The molecule has 0 aromatic heterocycles. The van der Waals surface area contributed by atoms with Gasteiger partial charge in [-0.15, -0.1) is 0 Å². The first-order valence-electron chi connectivity index (χ1n) is 29.9. The fraction of sp³-hybridized carbons (Fsp3) is 0.766. The largest absolute Gasteiger partial charge is 0.462 e. The molecule has 0 N–H and O–H groups in total. The molecule has 0 rings (SSSR count). The summed E-state index contributed by atoms with van der Waals surface area (Å²) in [5.41, 5.74) is 0. The summed E-state index contributed by atoms with van der Waals surface area (Å²) in [4.78, 5) is 38.1. The third kappa shape index (κ3) is 55.8. The first-order chi connectivity index (χ1) is 34.5. The molecular weight excluding hydrogens is 865 g/mol. The quantitative estimate of drug-likeness (QED) is 0.0261. The number of carbonyl (C=O) groups is 3. The lowest BCUT2D eigenvalue weighted by atomic mass is 10.0. The van der Waals surface area contributed by atoms with E-state index in [1.54, 1.807) is 0 Å². The number of esters is 3. The minimum Gasteiger partial charge on any atom is -0.462 e. The number of allylic oxidation sites excluding steroid dienone is 12. The fourth-order valence-corrected chi connectivity index (χ4v) is 8.47. The average Bonchev–Trinajstić information content (AvgIpc) is 3.36. The lowest BCUT2D eigenvalue weighted by Gasteiger charge is -2.18. The van der Waals surface area contributed by atoms with Crippen LogP contribution in [0.4, 0.5) is 0 Å². The van der Waals surface area contributed by atoms with Crippen LogP contribution < -0.4 is 0 Å². The maximum Gasteiger partial charge on any atom is 0.306 e. The van der Waals surface area contributed by atoms with Gasteiger partial charge in [0, 0.05) is 19.3 Å². The maximum absolute atomic E-state index is 12.8. The van der Waals surface area contributed by atoms with Crippen LogP contribution in [0.2, 0.25) is 0 Å². The highest BCUT2D eigenvalue weighted by Gasteiger charge is 2.19. The van der Waals surface area contributed by atoms with E-state index in [4.69, 9.17) is 14.2 Å². The Bertz CT molecular complexity index is 1310. The lowest BCUT2D eigenvalue weighted by Crippen LogP contribution is -2.30. The van der Waals surface area contributed by atoms with Crippen LogP contribution in [0.15, 0.2) is 72.9 Å². The van der Waals surface area contributed by atoms with Crippen molar-refractivity contribution >= 4 is 17.9 Å². The van der Waals surface area contributed by atoms with Crippen molar-refractivity contribution in [1.29, 1.82) is 0 Å². The van der Waals surface area contributed by atoms with Crippen LogP contribution >= 0.6 is 0 Å². The van der Waals surface area contributed by atoms with Crippen molar-refractivity contribution in [2.24, 2.45) is 0 Å². The third-order valence-corrected chi connectivity index (χ3v) is 12.9. The second-order valence-electron chi connectivity index (χ2n) is 19.9. The second kappa shape index (κ2) is 58.4. The van der Waals surface area contributed by atoms with Gasteiger partial charge in [0.15, 0.2) is 6.10 Å². The van der Waals surface area contributed by atoms with Crippen LogP contribution in [0.25, 0.3) is 0 Å². The Morgan fingerprint density at radius 3 is 0.871 bits per heavy atom. The van der Waals surface area contributed by atoms with Gasteiger partial charge in [-0.05, 0) is 89.9 Å². The number of carbonyl (C=O) groups excluding carboxylic acids is 3. The minimum absolute atomic E-state index is 0.0774. The van der Waals surface area contributed by atoms with Gasteiger partial charge in [0.1, 0.15) is 13.2 Å². The van der Waals surface area contributed by atoms with Crippen LogP contribution in [0, 0.1) is 0 Å². The van der Waals surface area contributed by atoms with Crippen LogP contribution in [0.3, 0.4) is 0 Å². The summed E-state index contributed by atoms with van der Waals surface area (Å²) in [6.07, 6.45) is 74.8. The summed E-state index contributed by atoms with van der Waals surface area (Å²) in [5, 5.41) is 0. The summed E-state index contributed by atoms with van der Waals surface area (Å²) in [5.74, 6) is -0.882. The molecule has 70 heavy (non-hydrogen) atoms. The highest BCUT2D eigenvalue weighted by molar-refractivity contribution is 5.71. The van der Waals surface area contributed by atoms with Crippen LogP contribution in [-0.2, 0) is 28.6 Å². The van der Waals surface area contributed by atoms with Crippen molar-refractivity contribution in [3.63, 3.8) is 0 Å². The van der Waals surface area contributed by atoms with Gasteiger partial charge in [0.2, 0.25) is 0 Å². The molecule has 0 amide bonds. The molecule has 1 unspecified atom stereocenters. The molecule has 0 aromatic rings. The summed E-state index contributed by atoms with van der Waals surface area (Å²) < 4.78 is 16.8. The van der Waals surface area contributed by atoms with Gasteiger partial charge in [-0.2, -0.15) is 0 Å². The van der Waals surface area contributed by atoms with Crippen LogP contribution in [0.5, 0.6) is 0 Å². The summed E-state index contributed by atoms with van der Waals surface area (Å²) in [6.45, 7) is 6.50. The highest BCUT2D eigenvalue weighted by atomic mass is 16.6. The molecule has 0 heterocycles. The van der Waals surface area contributed by atoms with Gasteiger partial charge in [-0.3, -0.25) is 14.4 Å². The number of ether oxygens (including phenoxy) is 3. The van der Waals surface area contributed by atoms with Crippen molar-refractivity contribution in [2.45, 2.75) is 303 Å². The Kier molecular flexibility index (Phi) is 55.8. The fourth-order valence-electron chi connectivity index (χ4n) is 8.47. The highest BCUT2D eigenvalue weighted by Crippen LogP contribution is 2.16. The standard InChI is InChI=1S/C64H112O6/c1-4-7-10-13-16-19-21-23-25-27-29-31-32-34-35-37-39-41-43-45-48-51-54-57-63(66)69-60-61(59-68-62(65)56-53-50-47-18-15-12-9-6-3)70-64(67)58-55-52-49-46-44-42-40-38-36-33-30-28-26-24-22-20-17-14-11-8-5-2/h8,11,17,20-21,23-24,26-27,29-30,33,61H,4-7,9-10,12-16,18-19,22,25,28,31-32,34-60H2,1-3H3/b11-8-,20-17-,23-21-,26-24-,29-27-,33-30-. The van der Waals surface area contributed by atoms with Crippen molar-refractivity contribution in [2.75, 3.05) is 13.2 Å². The van der Waals surface area contributed by atoms with Crippen molar-refractivity contribution in [3.05, 3.63) is 72.9 Å². The van der Waals surface area contributed by atoms with E-state index in [2.05, 4.69) is 93.7 Å². The molecule has 0 spiro atoms. The van der Waals surface area contributed by atoms with E-state index in [0.29, 0.717) is 19.3 Å². The Labute approximate surface area is 433 Å². The number of hydrogen-bond donors (Lipinski definition) is 0. The Hall–Kier alpha value is -3.15. The van der Waals surface area contributed by atoms with E-state index in [9.17, 15) is 14.4 Å². The third-order valence-electron chi connectivity index (χ3n) is 12.9. The van der Waals surface area contributed by atoms with Crippen LogP contribution in [0.1, 0.15) is 297 Å². The van der Waals surface area contributed by atoms with E-state index >= 15 is 0 Å². The van der Waals surface area contributed by atoms with Gasteiger partial charge in [-0.1, -0.05) is 261 Å². The van der Waals surface area contributed by atoms with Crippen molar-refractivity contribution in [3.8, 4) is 0 Å². The summed E-state index contributed by atoms with van der Waals surface area (Å²) >= 11 is 0. The molecule has 0 bridgehead atoms. The smallest absolute Gasteiger partial charge is 0.306 e. The molecule has 0 aliphatic rings. The molecule has 0 aromatic carbocycles. The van der Waals surface area contributed by atoms with E-state index in [-0.39, 0.29) is 31.1 Å². The molecule has 1 atom stereocenters. The molecule has 6 nitrogen and oxygen atoms in total. The molecule has 6 heteroatoms. The van der Waals surface area contributed by atoms with Gasteiger partial charge >= 0.3 is 17.9 Å². The molecule has 0 radical (unpaired) electrons. The Morgan fingerprint density at radius 2 is 0.557 bits per heavy atom. The van der Waals surface area contributed by atoms with Gasteiger partial charge in [-0.25, -0.2) is 0 Å². The average molecular weight is 978 g/mol. The van der Waals surface area contributed by atoms with Crippen LogP contribution in [-0.4, -0.2) is 37.2 Å². The zero-order valence-corrected chi connectivity index (χ0v) is 46.3. The topological polar surface area (TPSA) is 78.9 Å². The first-order valence-corrected chi connectivity index (χ1v) is 29.9. The molecule has 0 saturated carbocycles. The van der Waals surface area contributed by atoms with E-state index in [0.717, 1.165) is 96.3 Å². The van der Waals surface area contributed by atoms with E-state index in [1.165, 1.54) is 161 Å². The predicted octanol–water partition coefficient (Wildman–Crippen LogP) is 20.2. The SMILES string of the molecule is CC/C=C\C/C=C\C/C=C\C/C=C\CCCCCCCCCCC(=O)OC(COC(=O)CCCCCCCCCC)COC(=O)CCCCCCCCCCCCC/C=C\C/C=C\CCCCCCC. The van der Waals surface area contributed by atoms with E-state index in [1.807, 2.05) is 0 Å². The zero-order valence-electron chi connectivity index (χ0n) is 46.3. The number of rotatable bonds is 54. The maximum atomic E-state index is 12.8. The van der Waals surface area contributed by atoms with E-state index < -0.39 is 6.10 Å². The number of unbranched alkanes of at least 4 members (excludes halogenated alkanes) is 31. The molecule has 0 aliphatic carbocycles. The summed E-state index contributed by atoms with van der Waals surface area (Å²) in [7, 11) is 0. The minimum atomic E-state index is -0.778. The molecule has 0 fully saturated rings. The monoisotopic (exact) mass is 977 g/mol. The normalized spacial score (nSPS) is 12.6. The van der Waals surface area contributed by atoms with Crippen molar-refractivity contribution < 1.29 is 28.6 Å².